The summed E-state index contributed by atoms with van der Waals surface area (Å²) in [6, 6.07) is 1.99. The highest BCUT2D eigenvalue weighted by Crippen LogP contribution is 2.11. The van der Waals surface area contributed by atoms with E-state index in [4.69, 9.17) is 5.26 Å². The second-order valence-electron chi connectivity index (χ2n) is 2.10. The van der Waals surface area contributed by atoms with Crippen LogP contribution in [0.5, 0.6) is 0 Å². The lowest BCUT2D eigenvalue weighted by Gasteiger charge is -2.01. The molecule has 0 aliphatic carbocycles. The van der Waals surface area contributed by atoms with Crippen molar-refractivity contribution in [3.63, 3.8) is 0 Å². The van der Waals surface area contributed by atoms with E-state index >= 15 is 0 Å². The molecule has 0 aliphatic rings. The summed E-state index contributed by atoms with van der Waals surface area (Å²) in [5.41, 5.74) is 0. The molecule has 0 saturated carbocycles. The first-order valence-corrected chi connectivity index (χ1v) is 4.33. The van der Waals surface area contributed by atoms with Gasteiger partial charge < -0.3 is 0 Å². The Balaban J connectivity index is 2.89. The SMILES string of the molecule is N#CC(CBr)c1ncc(F)cn1. The van der Waals surface area contributed by atoms with E-state index in [0.29, 0.717) is 11.2 Å². The molecule has 0 bridgehead atoms. The largest absolute Gasteiger partial charge is 0.237 e. The van der Waals surface area contributed by atoms with Crippen molar-refractivity contribution in [2.24, 2.45) is 0 Å². The van der Waals surface area contributed by atoms with Crippen molar-refractivity contribution in [3.8, 4) is 6.07 Å². The topological polar surface area (TPSA) is 49.6 Å². The highest BCUT2D eigenvalue weighted by atomic mass is 79.9. The number of alkyl halides is 1. The van der Waals surface area contributed by atoms with E-state index in [2.05, 4.69) is 25.9 Å². The van der Waals surface area contributed by atoms with Crippen molar-refractivity contribution in [2.75, 3.05) is 5.33 Å². The Morgan fingerprint density at radius 3 is 2.58 bits per heavy atom. The summed E-state index contributed by atoms with van der Waals surface area (Å²) < 4.78 is 12.3. The van der Waals surface area contributed by atoms with Crippen LogP contribution in [0.1, 0.15) is 11.7 Å². The van der Waals surface area contributed by atoms with E-state index in [1.165, 1.54) is 0 Å². The van der Waals surface area contributed by atoms with Crippen molar-refractivity contribution in [1.29, 1.82) is 5.26 Å². The van der Waals surface area contributed by atoms with Crippen LogP contribution in [0.15, 0.2) is 12.4 Å². The van der Waals surface area contributed by atoms with Gasteiger partial charge in [0.05, 0.1) is 18.5 Å². The van der Waals surface area contributed by atoms with Crippen LogP contribution < -0.4 is 0 Å². The van der Waals surface area contributed by atoms with Gasteiger partial charge in [0, 0.05) is 5.33 Å². The van der Waals surface area contributed by atoms with Gasteiger partial charge in [-0.05, 0) is 0 Å². The van der Waals surface area contributed by atoms with E-state index in [1.54, 1.807) is 0 Å². The van der Waals surface area contributed by atoms with Crippen LogP contribution in [0.3, 0.4) is 0 Å². The maximum atomic E-state index is 12.3. The van der Waals surface area contributed by atoms with Crippen molar-refractivity contribution in [3.05, 3.63) is 24.0 Å². The van der Waals surface area contributed by atoms with Crippen LogP contribution in [0.2, 0.25) is 0 Å². The first-order chi connectivity index (χ1) is 5.77. The summed E-state index contributed by atoms with van der Waals surface area (Å²) in [6.45, 7) is 0. The molecule has 1 unspecified atom stereocenters. The minimum absolute atomic E-state index is 0.343. The molecule has 0 saturated heterocycles. The molecule has 0 aliphatic heterocycles. The Morgan fingerprint density at radius 1 is 1.58 bits per heavy atom. The van der Waals surface area contributed by atoms with E-state index in [1.807, 2.05) is 6.07 Å². The molecule has 1 aromatic rings. The molecule has 1 heterocycles. The van der Waals surface area contributed by atoms with Crippen LogP contribution in [-0.4, -0.2) is 15.3 Å². The molecule has 0 N–H and O–H groups in total. The summed E-state index contributed by atoms with van der Waals surface area (Å²) in [5.74, 6) is -0.564. The molecule has 62 valence electrons. The van der Waals surface area contributed by atoms with Crippen LogP contribution in [0.4, 0.5) is 4.39 Å². The van der Waals surface area contributed by atoms with Crippen LogP contribution in [-0.2, 0) is 0 Å². The summed E-state index contributed by atoms with van der Waals surface area (Å²) >= 11 is 3.13. The Hall–Kier alpha value is -1.02. The predicted octanol–water partition coefficient (Wildman–Crippen LogP) is 1.62. The Bertz CT molecular complexity index is 293. The number of aromatic nitrogens is 2. The lowest BCUT2D eigenvalue weighted by atomic mass is 10.2. The van der Waals surface area contributed by atoms with Gasteiger partial charge in [-0.1, -0.05) is 15.9 Å². The van der Waals surface area contributed by atoms with Gasteiger partial charge in [-0.2, -0.15) is 5.26 Å². The number of nitrogens with zero attached hydrogens (tertiary/aromatic N) is 3. The molecule has 1 aromatic heterocycles. The third-order valence-electron chi connectivity index (χ3n) is 1.26. The molecule has 1 atom stereocenters. The van der Waals surface area contributed by atoms with Gasteiger partial charge in [0.15, 0.2) is 5.82 Å². The average molecular weight is 230 g/mol. The normalized spacial score (nSPS) is 12.1. The average Bonchev–Trinajstić information content (AvgIpc) is 2.10. The van der Waals surface area contributed by atoms with Gasteiger partial charge in [-0.3, -0.25) is 0 Å². The molecule has 0 amide bonds. The predicted molar refractivity (Wildman–Crippen MR) is 44.1 cm³/mol. The monoisotopic (exact) mass is 229 g/mol. The Kier molecular flexibility index (Phi) is 3.11. The van der Waals surface area contributed by atoms with Gasteiger partial charge >= 0.3 is 0 Å². The molecule has 0 radical (unpaired) electrons. The molecule has 0 spiro atoms. The second kappa shape index (κ2) is 4.12. The molecule has 5 heteroatoms. The lowest BCUT2D eigenvalue weighted by Crippen LogP contribution is -2.03. The highest BCUT2D eigenvalue weighted by molar-refractivity contribution is 9.09. The van der Waals surface area contributed by atoms with Crippen LogP contribution in [0, 0.1) is 17.1 Å². The second-order valence-corrected chi connectivity index (χ2v) is 2.74. The molecule has 0 aromatic carbocycles. The smallest absolute Gasteiger partial charge is 0.159 e. The van der Waals surface area contributed by atoms with Crippen molar-refractivity contribution in [2.45, 2.75) is 5.92 Å². The fourth-order valence-electron chi connectivity index (χ4n) is 0.663. The number of hydrogen-bond donors (Lipinski definition) is 0. The van der Waals surface area contributed by atoms with Gasteiger partial charge in [-0.25, -0.2) is 14.4 Å². The molecule has 12 heavy (non-hydrogen) atoms. The summed E-state index contributed by atoms with van der Waals surface area (Å²) in [5, 5.41) is 9.05. The third-order valence-corrected chi connectivity index (χ3v) is 1.91. The minimum atomic E-state index is -0.495. The first-order valence-electron chi connectivity index (χ1n) is 3.21. The van der Waals surface area contributed by atoms with Crippen molar-refractivity contribution in [1.82, 2.24) is 9.97 Å². The maximum absolute atomic E-state index is 12.3. The maximum Gasteiger partial charge on any atom is 0.159 e. The summed E-state index contributed by atoms with van der Waals surface area (Å²) in [7, 11) is 0. The van der Waals surface area contributed by atoms with Crippen molar-refractivity contribution >= 4 is 15.9 Å². The third kappa shape index (κ3) is 1.98. The number of hydrogen-bond acceptors (Lipinski definition) is 3. The standard InChI is InChI=1S/C7H5BrFN3/c8-1-5(2-10)7-11-3-6(9)4-12-7/h3-5H,1H2. The molecule has 0 fully saturated rings. The number of halogens is 2. The lowest BCUT2D eigenvalue weighted by molar-refractivity contribution is 0.607. The summed E-state index contributed by atoms with van der Waals surface area (Å²) in [4.78, 5) is 7.36. The zero-order valence-electron chi connectivity index (χ0n) is 6.04. The zero-order valence-corrected chi connectivity index (χ0v) is 7.62. The van der Waals surface area contributed by atoms with Crippen LogP contribution in [0.25, 0.3) is 0 Å². The fraction of sp³-hybridized carbons (Fsp3) is 0.286. The van der Waals surface area contributed by atoms with Crippen LogP contribution >= 0.6 is 15.9 Å². The van der Waals surface area contributed by atoms with Crippen molar-refractivity contribution < 1.29 is 4.39 Å². The van der Waals surface area contributed by atoms with Gasteiger partial charge in [0.1, 0.15) is 11.7 Å². The fourth-order valence-corrected chi connectivity index (χ4v) is 1.10. The van der Waals surface area contributed by atoms with E-state index in [9.17, 15) is 4.39 Å². The molecular formula is C7H5BrFN3. The molecule has 1 rings (SSSR count). The Morgan fingerprint density at radius 2 is 2.17 bits per heavy atom. The molecule has 3 nitrogen and oxygen atoms in total. The van der Waals surface area contributed by atoms with E-state index in [-0.39, 0.29) is 0 Å². The zero-order chi connectivity index (χ0) is 8.97. The number of rotatable bonds is 2. The minimum Gasteiger partial charge on any atom is -0.237 e. The Labute approximate surface area is 77.4 Å². The first kappa shape index (κ1) is 9.07. The summed E-state index contributed by atoms with van der Waals surface area (Å²) in [6.07, 6.45) is 2.10. The number of nitriles is 1. The van der Waals surface area contributed by atoms with Gasteiger partial charge in [-0.15, -0.1) is 0 Å². The molecular weight excluding hydrogens is 225 g/mol. The van der Waals surface area contributed by atoms with Gasteiger partial charge in [0.2, 0.25) is 0 Å². The highest BCUT2D eigenvalue weighted by Gasteiger charge is 2.11. The van der Waals surface area contributed by atoms with Gasteiger partial charge in [0.25, 0.3) is 0 Å². The quantitative estimate of drug-likeness (QED) is 0.725. The van der Waals surface area contributed by atoms with E-state index in [0.717, 1.165) is 12.4 Å². The van der Waals surface area contributed by atoms with E-state index < -0.39 is 11.7 Å².